The summed E-state index contributed by atoms with van der Waals surface area (Å²) >= 11 is 0. The van der Waals surface area contributed by atoms with Crippen LogP contribution in [0, 0.1) is 32.6 Å². The molecular weight excluding hydrogens is 557 g/mol. The second-order valence-corrected chi connectivity index (χ2v) is 16.2. The third-order valence-electron chi connectivity index (χ3n) is 10.7. The van der Waals surface area contributed by atoms with Crippen molar-refractivity contribution in [3.05, 3.63) is 136 Å². The molecule has 6 nitrogen and oxygen atoms in total. The van der Waals surface area contributed by atoms with Crippen LogP contribution in [0.4, 0.5) is 0 Å². The highest BCUT2D eigenvalue weighted by Crippen LogP contribution is 2.71. The number of nitrogens with zero attached hydrogens (tertiary/aromatic N) is 1. The lowest BCUT2D eigenvalue weighted by molar-refractivity contribution is -0.402. The molecule has 0 bridgehead atoms. The average Bonchev–Trinajstić information content (AvgIpc) is 3.29. The molecule has 2 N–H and O–H groups in total. The third kappa shape index (κ3) is 5.01. The molecule has 3 aliphatic carbocycles. The Kier molecular flexibility index (Phi) is 8.02. The van der Waals surface area contributed by atoms with E-state index in [0.29, 0.717) is 23.5 Å². The summed E-state index contributed by atoms with van der Waals surface area (Å²) in [5.41, 5.74) is 2.85. The van der Waals surface area contributed by atoms with Crippen LogP contribution in [-0.4, -0.2) is 27.1 Å². The van der Waals surface area contributed by atoms with Gasteiger partial charge in [0.1, 0.15) is 34.6 Å². The van der Waals surface area contributed by atoms with Crippen LogP contribution in [-0.2, 0) is 6.42 Å². The second kappa shape index (κ2) is 11.7. The first-order valence-corrected chi connectivity index (χ1v) is 17.0. The summed E-state index contributed by atoms with van der Waals surface area (Å²) in [5.74, 6) is 1.96. The van der Waals surface area contributed by atoms with Crippen molar-refractivity contribution in [2.45, 2.75) is 56.7 Å². The monoisotopic (exact) mass is 595 g/mol. The fraction of sp³-hybridized carbons (Fsp3) is 0.333. The normalized spacial score (nSPS) is 27.5. The molecule has 0 spiro atoms. The lowest BCUT2D eigenvalue weighted by atomic mass is 9.55. The summed E-state index contributed by atoms with van der Waals surface area (Å²) in [6.45, 7) is 2.40. The average molecular weight is 596 g/mol. The van der Waals surface area contributed by atoms with Gasteiger partial charge in [0.25, 0.3) is 0 Å². The van der Waals surface area contributed by atoms with Gasteiger partial charge < -0.3 is 25.5 Å². The highest BCUT2D eigenvalue weighted by atomic mass is 31.2. The van der Waals surface area contributed by atoms with Gasteiger partial charge in [-0.2, -0.15) is 0 Å². The molecule has 0 aliphatic heterocycles. The number of aryl methyl sites for hydroxylation is 1. The topological polar surface area (TPSA) is 107 Å². The van der Waals surface area contributed by atoms with E-state index in [4.69, 9.17) is 15.3 Å². The minimum absolute atomic E-state index is 0.0934. The third-order valence-corrected chi connectivity index (χ3v) is 15.5. The number of hydrogen-bond acceptors (Lipinski definition) is 5. The van der Waals surface area contributed by atoms with Crippen molar-refractivity contribution in [3.8, 4) is 5.75 Å². The molecule has 6 atom stereocenters. The highest BCUT2D eigenvalue weighted by molar-refractivity contribution is 7.96. The van der Waals surface area contributed by atoms with E-state index in [0.717, 1.165) is 32.1 Å². The smallest absolute Gasteiger partial charge is 0.117 e. The number of phenolic OH excluding ortho intramolecular Hbond substituents is 1. The predicted molar refractivity (Wildman–Crippen MR) is 173 cm³/mol. The SMILES string of the molecule is C[C@]12CC[C@@H]3c4ccc(O)cc4CC[C@H]3[C@@H]1CC([P+](c1ccccc1)(c1ccccc1)c1ccccc1)[C@@H]2O.O=[N+]([O-])[O-]. The Labute approximate surface area is 253 Å². The van der Waals surface area contributed by atoms with E-state index >= 15 is 0 Å². The van der Waals surface area contributed by atoms with Crippen molar-refractivity contribution in [1.29, 1.82) is 0 Å². The first-order chi connectivity index (χ1) is 20.8. The number of fused-ring (bicyclic) bond motifs is 5. The molecule has 0 radical (unpaired) electrons. The molecule has 7 rings (SSSR count). The van der Waals surface area contributed by atoms with Crippen LogP contribution in [0.3, 0.4) is 0 Å². The number of aliphatic hydroxyl groups excluding tert-OH is 1. The van der Waals surface area contributed by atoms with Crippen LogP contribution in [0.2, 0.25) is 0 Å². The van der Waals surface area contributed by atoms with Gasteiger partial charge in [0.05, 0.1) is 11.2 Å². The van der Waals surface area contributed by atoms with Crippen molar-refractivity contribution in [3.63, 3.8) is 0 Å². The van der Waals surface area contributed by atoms with Crippen molar-refractivity contribution >= 4 is 23.2 Å². The zero-order valence-electron chi connectivity index (χ0n) is 24.3. The maximum atomic E-state index is 12.6. The summed E-state index contributed by atoms with van der Waals surface area (Å²) in [6.07, 6.45) is 5.03. The second-order valence-electron chi connectivity index (χ2n) is 12.5. The summed E-state index contributed by atoms with van der Waals surface area (Å²) in [4.78, 5) is 8.25. The fourth-order valence-electron chi connectivity index (χ4n) is 8.94. The Morgan fingerprint density at radius 1 is 0.814 bits per heavy atom. The van der Waals surface area contributed by atoms with Gasteiger partial charge in [-0.25, -0.2) is 0 Å². The lowest BCUT2D eigenvalue weighted by Crippen LogP contribution is -2.47. The number of benzene rings is 4. The van der Waals surface area contributed by atoms with Gasteiger partial charge in [-0.15, -0.1) is 0 Å². The Morgan fingerprint density at radius 2 is 1.33 bits per heavy atom. The number of aromatic hydroxyl groups is 1. The molecule has 2 saturated carbocycles. The van der Waals surface area contributed by atoms with Gasteiger partial charge in [0.2, 0.25) is 0 Å². The van der Waals surface area contributed by atoms with Gasteiger partial charge in [0, 0.05) is 5.41 Å². The highest BCUT2D eigenvalue weighted by Gasteiger charge is 2.67. The maximum Gasteiger partial charge on any atom is 0.117 e. The summed E-state index contributed by atoms with van der Waals surface area (Å²) in [5, 5.41) is 41.6. The summed E-state index contributed by atoms with van der Waals surface area (Å²) in [7, 11) is -2.18. The lowest BCUT2D eigenvalue weighted by Gasteiger charge is -2.49. The molecule has 4 aromatic carbocycles. The predicted octanol–water partition coefficient (Wildman–Crippen LogP) is 6.34. The van der Waals surface area contributed by atoms with Crippen LogP contribution >= 0.6 is 7.26 Å². The standard InChI is InChI=1S/C36H37O2P.NO3/c1-36-22-21-31-30-20-18-26(37)23-25(30)17-19-32(31)33(36)24-34(35(36)38)39(27-11-5-2-6-12-27,28-13-7-3-8-14-28)29-15-9-4-10-16-29;2-1(3)4/h2-16,18,20,23,31-35,38H,17,19,21-22,24H2,1H3;/q;-1/p+1/t31-,32-,33+,34?,35+,36+;/m1./s1. The number of rotatable bonds is 4. The minimum atomic E-state index is -2.18. The van der Waals surface area contributed by atoms with Crippen LogP contribution < -0.4 is 15.9 Å². The number of hydrogen-bond donors (Lipinski definition) is 2. The largest absolute Gasteiger partial charge is 0.508 e. The Morgan fingerprint density at radius 3 is 1.84 bits per heavy atom. The van der Waals surface area contributed by atoms with E-state index < -0.39 is 12.3 Å². The Balaban J connectivity index is 0.000000777. The van der Waals surface area contributed by atoms with E-state index in [1.54, 1.807) is 0 Å². The molecule has 0 saturated heterocycles. The van der Waals surface area contributed by atoms with Crippen LogP contribution in [0.25, 0.3) is 0 Å². The van der Waals surface area contributed by atoms with Gasteiger partial charge in [-0.05, 0) is 110 Å². The van der Waals surface area contributed by atoms with Crippen LogP contribution in [0.5, 0.6) is 5.75 Å². The van der Waals surface area contributed by atoms with Crippen LogP contribution in [0.15, 0.2) is 109 Å². The first kappa shape index (κ1) is 29.3. The number of phenols is 1. The molecule has 1 unspecified atom stereocenters. The molecule has 3 aliphatic rings. The van der Waals surface area contributed by atoms with E-state index in [1.807, 2.05) is 12.1 Å². The van der Waals surface area contributed by atoms with Crippen molar-refractivity contribution < 1.29 is 15.3 Å². The zero-order chi connectivity index (χ0) is 30.2. The molecule has 7 heteroatoms. The Bertz CT molecular complexity index is 1470. The van der Waals surface area contributed by atoms with Gasteiger partial charge in [0.15, 0.2) is 0 Å². The van der Waals surface area contributed by atoms with Crippen molar-refractivity contribution in [1.82, 2.24) is 0 Å². The van der Waals surface area contributed by atoms with Crippen molar-refractivity contribution in [2.24, 2.45) is 17.3 Å². The molecular formula is C36H38NO5P. The van der Waals surface area contributed by atoms with E-state index in [1.165, 1.54) is 27.0 Å². The summed E-state index contributed by atoms with van der Waals surface area (Å²) in [6, 6.07) is 39.3. The molecule has 222 valence electrons. The summed E-state index contributed by atoms with van der Waals surface area (Å²) < 4.78 is 0. The molecule has 2 fully saturated rings. The van der Waals surface area contributed by atoms with Gasteiger partial charge in [-0.3, -0.25) is 0 Å². The number of aliphatic hydroxyl groups is 1. The maximum absolute atomic E-state index is 12.6. The van der Waals surface area contributed by atoms with E-state index in [-0.39, 0.29) is 17.2 Å². The van der Waals surface area contributed by atoms with E-state index in [2.05, 4.69) is 104 Å². The molecule has 0 aromatic heterocycles. The van der Waals surface area contributed by atoms with E-state index in [9.17, 15) is 10.2 Å². The van der Waals surface area contributed by atoms with Crippen molar-refractivity contribution in [2.75, 3.05) is 0 Å². The van der Waals surface area contributed by atoms with Crippen LogP contribution in [0.1, 0.15) is 49.7 Å². The Hall–Kier alpha value is -3.73. The first-order valence-electron chi connectivity index (χ1n) is 15.1. The fourth-order valence-corrected chi connectivity index (χ4v) is 14.2. The quantitative estimate of drug-likeness (QED) is 0.163. The molecule has 0 amide bonds. The zero-order valence-corrected chi connectivity index (χ0v) is 25.2. The molecule has 0 heterocycles. The minimum Gasteiger partial charge on any atom is -0.508 e. The molecule has 4 aromatic rings. The van der Waals surface area contributed by atoms with Gasteiger partial charge >= 0.3 is 0 Å². The van der Waals surface area contributed by atoms with Gasteiger partial charge in [-0.1, -0.05) is 67.6 Å². The molecule has 43 heavy (non-hydrogen) atoms.